The highest BCUT2D eigenvalue weighted by molar-refractivity contribution is 5.89. The quantitative estimate of drug-likeness (QED) is 0.638. The monoisotopic (exact) mass is 236 g/mol. The lowest BCUT2D eigenvalue weighted by Crippen LogP contribution is -2.13. The lowest BCUT2D eigenvalue weighted by atomic mass is 10.0. The number of esters is 1. The number of aliphatic hydroxyl groups excluding tert-OH is 1. The summed E-state index contributed by atoms with van der Waals surface area (Å²) in [6.45, 7) is 1.91. The fourth-order valence-corrected chi connectivity index (χ4v) is 1.88. The third kappa shape index (κ3) is 2.48. The highest BCUT2D eigenvalue weighted by Gasteiger charge is 2.44. The molecule has 0 bridgehead atoms. The van der Waals surface area contributed by atoms with Crippen LogP contribution in [0.4, 0.5) is 0 Å². The molecule has 4 heteroatoms. The Morgan fingerprint density at radius 1 is 1.59 bits per heavy atom. The van der Waals surface area contributed by atoms with Gasteiger partial charge in [0.1, 0.15) is 12.2 Å². The van der Waals surface area contributed by atoms with Crippen LogP contribution in [0.15, 0.2) is 24.3 Å². The van der Waals surface area contributed by atoms with E-state index in [1.165, 1.54) is 7.11 Å². The zero-order chi connectivity index (χ0) is 12.4. The Labute approximate surface area is 100 Å². The molecule has 17 heavy (non-hydrogen) atoms. The van der Waals surface area contributed by atoms with E-state index in [2.05, 4.69) is 4.74 Å². The lowest BCUT2D eigenvalue weighted by molar-refractivity contribution is 0.0600. The Bertz CT molecular complexity index is 416. The molecule has 1 aromatic carbocycles. The third-order valence-electron chi connectivity index (χ3n) is 2.96. The molecule has 1 fully saturated rings. The van der Waals surface area contributed by atoms with Gasteiger partial charge >= 0.3 is 5.97 Å². The molecule has 1 heterocycles. The summed E-state index contributed by atoms with van der Waals surface area (Å²) in [5.74, 6) is -0.361. The first kappa shape index (κ1) is 12.1. The topological polar surface area (TPSA) is 59.1 Å². The number of carbonyl (C=O) groups excluding carboxylic acids is 1. The summed E-state index contributed by atoms with van der Waals surface area (Å²) < 4.78 is 10.1. The standard InChI is InChI=1S/C13H16O4/c1-3-10(14)12-11(17-12)8-5-4-6-9(7-8)13(15)16-2/h4-7,10-12,14H,3H2,1-2H3/t10?,11-,12-/m0/s1. The minimum absolute atomic E-state index is 0.102. The molecule has 92 valence electrons. The first-order chi connectivity index (χ1) is 8.17. The molecule has 0 aliphatic carbocycles. The van der Waals surface area contributed by atoms with Crippen molar-refractivity contribution in [2.24, 2.45) is 0 Å². The van der Waals surface area contributed by atoms with Crippen LogP contribution < -0.4 is 0 Å². The van der Waals surface area contributed by atoms with Crippen LogP contribution in [0, 0.1) is 0 Å². The molecule has 3 atom stereocenters. The molecule has 1 unspecified atom stereocenters. The van der Waals surface area contributed by atoms with E-state index >= 15 is 0 Å². The van der Waals surface area contributed by atoms with Crippen LogP contribution in [0.3, 0.4) is 0 Å². The van der Waals surface area contributed by atoms with Gasteiger partial charge in [0.05, 0.1) is 18.8 Å². The van der Waals surface area contributed by atoms with Crippen molar-refractivity contribution in [1.82, 2.24) is 0 Å². The van der Waals surface area contributed by atoms with Gasteiger partial charge in [0, 0.05) is 0 Å². The molecule has 4 nitrogen and oxygen atoms in total. The number of methoxy groups -OCH3 is 1. The number of hydrogen-bond acceptors (Lipinski definition) is 4. The first-order valence-corrected chi connectivity index (χ1v) is 5.69. The zero-order valence-corrected chi connectivity index (χ0v) is 9.92. The van der Waals surface area contributed by atoms with Crippen molar-refractivity contribution in [2.45, 2.75) is 31.7 Å². The Kier molecular flexibility index (Phi) is 3.45. The average molecular weight is 236 g/mol. The zero-order valence-electron chi connectivity index (χ0n) is 9.92. The number of ether oxygens (including phenoxy) is 2. The Morgan fingerprint density at radius 2 is 2.35 bits per heavy atom. The van der Waals surface area contributed by atoms with Gasteiger partial charge in [0.25, 0.3) is 0 Å². The summed E-state index contributed by atoms with van der Waals surface area (Å²) >= 11 is 0. The number of rotatable bonds is 4. The average Bonchev–Trinajstić information content (AvgIpc) is 3.17. The van der Waals surface area contributed by atoms with Crippen LogP contribution >= 0.6 is 0 Å². The van der Waals surface area contributed by atoms with E-state index in [1.807, 2.05) is 13.0 Å². The molecule has 1 aromatic rings. The van der Waals surface area contributed by atoms with E-state index in [-0.39, 0.29) is 18.2 Å². The first-order valence-electron chi connectivity index (χ1n) is 5.69. The second kappa shape index (κ2) is 4.85. The molecule has 0 radical (unpaired) electrons. The predicted octanol–water partition coefficient (Wildman–Crippen LogP) is 1.68. The summed E-state index contributed by atoms with van der Waals surface area (Å²) in [5, 5.41) is 9.64. The van der Waals surface area contributed by atoms with E-state index in [0.29, 0.717) is 12.0 Å². The van der Waals surface area contributed by atoms with Crippen molar-refractivity contribution in [3.8, 4) is 0 Å². The molecule has 0 aromatic heterocycles. The number of carbonyl (C=O) groups is 1. The molecule has 0 amide bonds. The molecule has 0 spiro atoms. The van der Waals surface area contributed by atoms with E-state index in [1.54, 1.807) is 18.2 Å². The largest absolute Gasteiger partial charge is 0.465 e. The van der Waals surface area contributed by atoms with Gasteiger partial charge in [0.2, 0.25) is 0 Å². The fraction of sp³-hybridized carbons (Fsp3) is 0.462. The molecule has 0 saturated carbocycles. The van der Waals surface area contributed by atoms with Gasteiger partial charge in [-0.3, -0.25) is 0 Å². The minimum atomic E-state index is -0.443. The van der Waals surface area contributed by atoms with Gasteiger partial charge in [-0.1, -0.05) is 19.1 Å². The van der Waals surface area contributed by atoms with Crippen LogP contribution in [-0.4, -0.2) is 30.4 Å². The van der Waals surface area contributed by atoms with Crippen molar-refractivity contribution < 1.29 is 19.4 Å². The normalized spacial score (nSPS) is 24.2. The number of epoxide rings is 1. The van der Waals surface area contributed by atoms with E-state index in [9.17, 15) is 9.90 Å². The molecule has 1 aliphatic heterocycles. The van der Waals surface area contributed by atoms with Gasteiger partial charge in [-0.2, -0.15) is 0 Å². The van der Waals surface area contributed by atoms with Crippen molar-refractivity contribution in [2.75, 3.05) is 7.11 Å². The maximum atomic E-state index is 11.4. The van der Waals surface area contributed by atoms with Gasteiger partial charge in [-0.15, -0.1) is 0 Å². The fourth-order valence-electron chi connectivity index (χ4n) is 1.88. The van der Waals surface area contributed by atoms with E-state index < -0.39 is 6.10 Å². The van der Waals surface area contributed by atoms with Crippen LogP contribution in [0.2, 0.25) is 0 Å². The maximum absolute atomic E-state index is 11.4. The minimum Gasteiger partial charge on any atom is -0.465 e. The van der Waals surface area contributed by atoms with Crippen LogP contribution in [0.1, 0.15) is 35.4 Å². The molecule has 1 aliphatic rings. The number of benzene rings is 1. The van der Waals surface area contributed by atoms with Crippen molar-refractivity contribution in [3.63, 3.8) is 0 Å². The van der Waals surface area contributed by atoms with Crippen LogP contribution in [-0.2, 0) is 9.47 Å². The molecule has 1 saturated heterocycles. The van der Waals surface area contributed by atoms with Gasteiger partial charge in [0.15, 0.2) is 0 Å². The maximum Gasteiger partial charge on any atom is 0.337 e. The Balaban J connectivity index is 2.11. The number of aliphatic hydroxyl groups is 1. The molecular weight excluding hydrogens is 220 g/mol. The summed E-state index contributed by atoms with van der Waals surface area (Å²) in [7, 11) is 1.35. The molecule has 1 N–H and O–H groups in total. The van der Waals surface area contributed by atoms with Crippen molar-refractivity contribution >= 4 is 5.97 Å². The predicted molar refractivity (Wildman–Crippen MR) is 61.7 cm³/mol. The second-order valence-corrected chi connectivity index (χ2v) is 4.11. The highest BCUT2D eigenvalue weighted by Crippen LogP contribution is 2.41. The molecular formula is C13H16O4. The van der Waals surface area contributed by atoms with E-state index in [0.717, 1.165) is 5.56 Å². The number of hydrogen-bond donors (Lipinski definition) is 1. The van der Waals surface area contributed by atoms with Crippen molar-refractivity contribution in [1.29, 1.82) is 0 Å². The Hall–Kier alpha value is -1.39. The van der Waals surface area contributed by atoms with Crippen molar-refractivity contribution in [3.05, 3.63) is 35.4 Å². The van der Waals surface area contributed by atoms with Crippen LogP contribution in [0.25, 0.3) is 0 Å². The Morgan fingerprint density at radius 3 is 3.00 bits per heavy atom. The lowest BCUT2D eigenvalue weighted by Gasteiger charge is -2.03. The SMILES string of the molecule is CCC(O)[C@@H]1O[C@H]1c1cccc(C(=O)OC)c1. The van der Waals surface area contributed by atoms with Crippen LogP contribution in [0.5, 0.6) is 0 Å². The smallest absolute Gasteiger partial charge is 0.337 e. The van der Waals surface area contributed by atoms with Gasteiger partial charge < -0.3 is 14.6 Å². The molecule has 2 rings (SSSR count). The summed E-state index contributed by atoms with van der Waals surface area (Å²) in [6.07, 6.45) is -0.0260. The summed E-state index contributed by atoms with van der Waals surface area (Å²) in [6, 6.07) is 7.12. The third-order valence-corrected chi connectivity index (χ3v) is 2.96. The second-order valence-electron chi connectivity index (χ2n) is 4.11. The van der Waals surface area contributed by atoms with E-state index in [4.69, 9.17) is 4.74 Å². The summed E-state index contributed by atoms with van der Waals surface area (Å²) in [5.41, 5.74) is 1.41. The summed E-state index contributed by atoms with van der Waals surface area (Å²) in [4.78, 5) is 11.4. The van der Waals surface area contributed by atoms with Gasteiger partial charge in [-0.05, 0) is 24.1 Å². The van der Waals surface area contributed by atoms with Gasteiger partial charge in [-0.25, -0.2) is 4.79 Å². The highest BCUT2D eigenvalue weighted by atomic mass is 16.6.